The van der Waals surface area contributed by atoms with Gasteiger partial charge in [0.2, 0.25) is 5.91 Å². The van der Waals surface area contributed by atoms with E-state index in [-0.39, 0.29) is 11.3 Å². The van der Waals surface area contributed by atoms with E-state index in [1.54, 1.807) is 6.07 Å². The zero-order chi connectivity index (χ0) is 15.0. The Bertz CT molecular complexity index is 480. The normalized spacial score (nSPS) is 17.4. The first kappa shape index (κ1) is 15.0. The van der Waals surface area contributed by atoms with Crippen molar-refractivity contribution in [2.45, 2.75) is 58.4 Å². The van der Waals surface area contributed by atoms with Gasteiger partial charge in [-0.05, 0) is 39.8 Å². The molecule has 0 spiro atoms. The van der Waals surface area contributed by atoms with Crippen molar-refractivity contribution in [3.63, 3.8) is 0 Å². The lowest BCUT2D eigenvalue weighted by Gasteiger charge is -2.33. The summed E-state index contributed by atoms with van der Waals surface area (Å²) in [7, 11) is 0. The molecule has 0 atom stereocenters. The zero-order valence-corrected chi connectivity index (χ0v) is 13.1. The predicted molar refractivity (Wildman–Crippen MR) is 78.7 cm³/mol. The summed E-state index contributed by atoms with van der Waals surface area (Å²) in [6.45, 7) is 12.0. The molecular formula is C15H25N3O2. The molecule has 0 aliphatic carbocycles. The molecule has 0 bridgehead atoms. The summed E-state index contributed by atoms with van der Waals surface area (Å²) in [5, 5.41) is 6.80. The topological polar surface area (TPSA) is 58.4 Å². The van der Waals surface area contributed by atoms with Gasteiger partial charge in [-0.2, -0.15) is 0 Å². The molecule has 2 rings (SSSR count). The molecule has 0 radical (unpaired) electrons. The SMILES string of the molecule is CC(C)(C)c1cc(NC(=O)C(C)(C)N2CCCC2)no1. The Labute approximate surface area is 120 Å². The molecule has 5 heteroatoms. The Morgan fingerprint density at radius 2 is 1.85 bits per heavy atom. The average molecular weight is 279 g/mol. The highest BCUT2D eigenvalue weighted by Gasteiger charge is 2.36. The molecule has 1 amide bonds. The molecule has 0 saturated carbocycles. The van der Waals surface area contributed by atoms with Crippen molar-refractivity contribution >= 4 is 11.7 Å². The van der Waals surface area contributed by atoms with Crippen molar-refractivity contribution < 1.29 is 9.32 Å². The number of aromatic nitrogens is 1. The molecule has 1 N–H and O–H groups in total. The van der Waals surface area contributed by atoms with E-state index in [9.17, 15) is 4.79 Å². The Kier molecular flexibility index (Phi) is 3.91. The van der Waals surface area contributed by atoms with Crippen LogP contribution in [0.15, 0.2) is 10.6 Å². The van der Waals surface area contributed by atoms with Crippen molar-refractivity contribution in [3.8, 4) is 0 Å². The number of likely N-dealkylation sites (tertiary alicyclic amines) is 1. The number of hydrogen-bond donors (Lipinski definition) is 1. The van der Waals surface area contributed by atoms with Crippen LogP contribution in [-0.4, -0.2) is 34.6 Å². The van der Waals surface area contributed by atoms with Gasteiger partial charge in [-0.15, -0.1) is 0 Å². The minimum atomic E-state index is -0.517. The highest BCUT2D eigenvalue weighted by atomic mass is 16.5. The molecule has 1 aromatic rings. The van der Waals surface area contributed by atoms with Crippen LogP contribution in [0.1, 0.15) is 53.2 Å². The molecule has 1 aliphatic heterocycles. The maximum Gasteiger partial charge on any atom is 0.245 e. The van der Waals surface area contributed by atoms with Gasteiger partial charge >= 0.3 is 0 Å². The first-order valence-corrected chi connectivity index (χ1v) is 7.25. The molecular weight excluding hydrogens is 254 g/mol. The Balaban J connectivity index is 2.05. The predicted octanol–water partition coefficient (Wildman–Crippen LogP) is 2.79. The largest absolute Gasteiger partial charge is 0.359 e. The number of rotatable bonds is 3. The van der Waals surface area contributed by atoms with Gasteiger partial charge in [0.1, 0.15) is 5.76 Å². The van der Waals surface area contributed by atoms with E-state index >= 15 is 0 Å². The van der Waals surface area contributed by atoms with Crippen LogP contribution in [0.4, 0.5) is 5.82 Å². The van der Waals surface area contributed by atoms with Gasteiger partial charge in [0.25, 0.3) is 0 Å². The number of nitrogens with zero attached hydrogens (tertiary/aromatic N) is 2. The van der Waals surface area contributed by atoms with Gasteiger partial charge in [-0.1, -0.05) is 25.9 Å². The lowest BCUT2D eigenvalue weighted by Crippen LogP contribution is -2.51. The van der Waals surface area contributed by atoms with E-state index in [0.717, 1.165) is 31.7 Å². The van der Waals surface area contributed by atoms with Crippen LogP contribution < -0.4 is 5.32 Å². The fourth-order valence-corrected chi connectivity index (χ4v) is 2.38. The Morgan fingerprint density at radius 1 is 1.25 bits per heavy atom. The van der Waals surface area contributed by atoms with Crippen LogP contribution in [0.5, 0.6) is 0 Å². The first-order valence-electron chi connectivity index (χ1n) is 7.25. The lowest BCUT2D eigenvalue weighted by atomic mass is 9.93. The van der Waals surface area contributed by atoms with Crippen LogP contribution in [0.25, 0.3) is 0 Å². The number of hydrogen-bond acceptors (Lipinski definition) is 4. The van der Waals surface area contributed by atoms with Gasteiger partial charge in [-0.25, -0.2) is 0 Å². The molecule has 20 heavy (non-hydrogen) atoms. The second-order valence-electron chi connectivity index (χ2n) is 7.03. The summed E-state index contributed by atoms with van der Waals surface area (Å²) in [6, 6.07) is 1.80. The van der Waals surface area contributed by atoms with E-state index in [2.05, 4.69) is 15.4 Å². The van der Waals surface area contributed by atoms with E-state index in [1.165, 1.54) is 0 Å². The summed E-state index contributed by atoms with van der Waals surface area (Å²) in [5.41, 5.74) is -0.627. The summed E-state index contributed by atoms with van der Waals surface area (Å²) in [4.78, 5) is 14.7. The summed E-state index contributed by atoms with van der Waals surface area (Å²) < 4.78 is 5.29. The first-order chi connectivity index (χ1) is 9.21. The molecule has 1 aromatic heterocycles. The van der Waals surface area contributed by atoms with Crippen LogP contribution in [0.3, 0.4) is 0 Å². The third kappa shape index (κ3) is 3.03. The van der Waals surface area contributed by atoms with Crippen molar-refractivity contribution in [2.75, 3.05) is 18.4 Å². The zero-order valence-electron chi connectivity index (χ0n) is 13.1. The quantitative estimate of drug-likeness (QED) is 0.924. The van der Waals surface area contributed by atoms with Crippen LogP contribution in [-0.2, 0) is 10.2 Å². The number of carbonyl (C=O) groups excluding carboxylic acids is 1. The van der Waals surface area contributed by atoms with Crippen LogP contribution in [0.2, 0.25) is 0 Å². The number of carbonyl (C=O) groups is 1. The third-order valence-corrected chi connectivity index (χ3v) is 3.94. The smallest absolute Gasteiger partial charge is 0.245 e. The minimum absolute atomic E-state index is 0.0341. The van der Waals surface area contributed by atoms with E-state index in [0.29, 0.717) is 5.82 Å². The van der Waals surface area contributed by atoms with Gasteiger partial charge in [0.05, 0.1) is 5.54 Å². The highest BCUT2D eigenvalue weighted by molar-refractivity contribution is 5.96. The average Bonchev–Trinajstić information content (AvgIpc) is 2.98. The van der Waals surface area contributed by atoms with Crippen molar-refractivity contribution in [1.29, 1.82) is 0 Å². The Morgan fingerprint density at radius 3 is 2.35 bits per heavy atom. The maximum absolute atomic E-state index is 12.4. The van der Waals surface area contributed by atoms with Crippen molar-refractivity contribution in [3.05, 3.63) is 11.8 Å². The summed E-state index contributed by atoms with van der Waals surface area (Å²) in [6.07, 6.45) is 2.32. The molecule has 1 saturated heterocycles. The van der Waals surface area contributed by atoms with Gasteiger partial charge < -0.3 is 9.84 Å². The second kappa shape index (κ2) is 5.20. The fourth-order valence-electron chi connectivity index (χ4n) is 2.38. The summed E-state index contributed by atoms with van der Waals surface area (Å²) in [5.74, 6) is 1.23. The standard InChI is InChI=1S/C15H25N3O2/c1-14(2,3)11-10-12(17-20-11)16-13(19)15(4,5)18-8-6-7-9-18/h10H,6-9H2,1-5H3,(H,16,17,19). The maximum atomic E-state index is 12.4. The second-order valence-corrected chi connectivity index (χ2v) is 7.03. The molecule has 0 aromatic carbocycles. The Hall–Kier alpha value is -1.36. The molecule has 0 unspecified atom stereocenters. The number of anilines is 1. The monoisotopic (exact) mass is 279 g/mol. The van der Waals surface area contributed by atoms with Crippen molar-refractivity contribution in [2.24, 2.45) is 0 Å². The lowest BCUT2D eigenvalue weighted by molar-refractivity contribution is -0.125. The molecule has 1 aliphatic rings. The third-order valence-electron chi connectivity index (χ3n) is 3.94. The van der Waals surface area contributed by atoms with E-state index < -0.39 is 5.54 Å². The number of nitrogens with one attached hydrogen (secondary N) is 1. The van der Waals surface area contributed by atoms with Gasteiger partial charge in [0.15, 0.2) is 5.82 Å². The fraction of sp³-hybridized carbons (Fsp3) is 0.733. The minimum Gasteiger partial charge on any atom is -0.359 e. The number of amides is 1. The molecule has 5 nitrogen and oxygen atoms in total. The van der Waals surface area contributed by atoms with E-state index in [1.807, 2.05) is 34.6 Å². The molecule has 1 fully saturated rings. The van der Waals surface area contributed by atoms with Crippen molar-refractivity contribution in [1.82, 2.24) is 10.1 Å². The van der Waals surface area contributed by atoms with Crippen LogP contribution >= 0.6 is 0 Å². The molecule has 2 heterocycles. The van der Waals surface area contributed by atoms with Gasteiger partial charge in [-0.3, -0.25) is 9.69 Å². The molecule has 112 valence electrons. The highest BCUT2D eigenvalue weighted by Crippen LogP contribution is 2.26. The van der Waals surface area contributed by atoms with Crippen LogP contribution in [0, 0.1) is 0 Å². The van der Waals surface area contributed by atoms with Gasteiger partial charge in [0, 0.05) is 11.5 Å². The summed E-state index contributed by atoms with van der Waals surface area (Å²) >= 11 is 0. The van der Waals surface area contributed by atoms with E-state index in [4.69, 9.17) is 4.52 Å².